The minimum absolute atomic E-state index is 0.0310. The van der Waals surface area contributed by atoms with E-state index in [0.717, 1.165) is 0 Å². The zero-order valence-electron chi connectivity index (χ0n) is 15.4. The lowest BCUT2D eigenvalue weighted by atomic mass is 9.85. The third kappa shape index (κ3) is 3.68. The Balaban J connectivity index is 2.36. The molecule has 2 aromatic carbocycles. The number of halogens is 2. The van der Waals surface area contributed by atoms with Gasteiger partial charge in [-0.1, -0.05) is 47.5 Å². The number of nitrogens with two attached hydrogens (primary N) is 1. The van der Waals surface area contributed by atoms with Crippen LogP contribution in [0.3, 0.4) is 0 Å². The van der Waals surface area contributed by atoms with Crippen LogP contribution in [0.5, 0.6) is 0 Å². The lowest BCUT2D eigenvalue weighted by molar-refractivity contribution is -0.429. The molecular weight excluding hydrogens is 433 g/mol. The minimum atomic E-state index is -1.25. The quantitative estimate of drug-likeness (QED) is 0.423. The summed E-state index contributed by atoms with van der Waals surface area (Å²) in [6, 6.07) is 12.2. The highest BCUT2D eigenvalue weighted by atomic mass is 35.5. The van der Waals surface area contributed by atoms with Crippen molar-refractivity contribution in [2.24, 2.45) is 5.73 Å². The maximum absolute atomic E-state index is 12.2. The van der Waals surface area contributed by atoms with Gasteiger partial charge >= 0.3 is 11.7 Å². The summed E-state index contributed by atoms with van der Waals surface area (Å²) in [6.45, 7) is 0. The zero-order valence-corrected chi connectivity index (χ0v) is 16.9. The molecule has 152 valence electrons. The Morgan fingerprint density at radius 3 is 2.60 bits per heavy atom. The molecule has 0 amide bonds. The molecule has 0 saturated carbocycles. The van der Waals surface area contributed by atoms with Gasteiger partial charge in [-0.15, -0.1) is 0 Å². The highest BCUT2D eigenvalue weighted by Gasteiger charge is 2.43. The number of carbonyl (C=O) groups excluding carboxylic acids is 1. The second-order valence-corrected chi connectivity index (χ2v) is 6.94. The number of esters is 1. The monoisotopic (exact) mass is 445 g/mol. The molecule has 1 heterocycles. The Bertz CT molecular complexity index is 1170. The number of benzene rings is 2. The number of carbonyl (C=O) groups is 1. The maximum Gasteiger partial charge on any atom is 0.338 e. The number of hydrogen-bond donors (Lipinski definition) is 1. The molecule has 0 aromatic heterocycles. The Labute approximate surface area is 180 Å². The van der Waals surface area contributed by atoms with Gasteiger partial charge < -0.3 is 15.2 Å². The molecule has 30 heavy (non-hydrogen) atoms. The summed E-state index contributed by atoms with van der Waals surface area (Å²) in [5.74, 6) is -2.59. The van der Waals surface area contributed by atoms with E-state index in [-0.39, 0.29) is 38.9 Å². The summed E-state index contributed by atoms with van der Waals surface area (Å²) in [6.07, 6.45) is 0. The number of rotatable bonds is 4. The van der Waals surface area contributed by atoms with E-state index in [1.807, 2.05) is 6.07 Å². The Morgan fingerprint density at radius 2 is 2.00 bits per heavy atom. The molecule has 0 fully saturated rings. The average Bonchev–Trinajstić information content (AvgIpc) is 2.72. The lowest BCUT2D eigenvalue weighted by Gasteiger charge is -2.25. The van der Waals surface area contributed by atoms with E-state index in [1.54, 1.807) is 12.1 Å². The third-order valence-electron chi connectivity index (χ3n) is 4.44. The van der Waals surface area contributed by atoms with Crippen molar-refractivity contribution in [1.82, 2.24) is 0 Å². The second kappa shape index (κ2) is 8.45. The first-order chi connectivity index (χ1) is 14.3. The predicted octanol–water partition coefficient (Wildman–Crippen LogP) is 4.23. The number of nitriles is 1. The number of methoxy groups -OCH3 is 1. The molecule has 0 aliphatic carbocycles. The fourth-order valence-electron chi connectivity index (χ4n) is 3.14. The van der Waals surface area contributed by atoms with E-state index < -0.39 is 22.5 Å². The first-order valence-corrected chi connectivity index (χ1v) is 9.14. The Hall–Kier alpha value is -3.54. The van der Waals surface area contributed by atoms with Crippen LogP contribution in [0.1, 0.15) is 27.4 Å². The molecular formula is C20H13Cl2N3O5. The van der Waals surface area contributed by atoms with Gasteiger partial charge in [0.15, 0.2) is 0 Å². The molecule has 2 aromatic rings. The van der Waals surface area contributed by atoms with E-state index in [9.17, 15) is 20.2 Å². The molecule has 0 bridgehead atoms. The van der Waals surface area contributed by atoms with Crippen LogP contribution in [0.2, 0.25) is 10.0 Å². The van der Waals surface area contributed by atoms with E-state index in [2.05, 4.69) is 0 Å². The molecule has 1 aliphatic rings. The molecule has 8 nitrogen and oxygen atoms in total. The van der Waals surface area contributed by atoms with Crippen molar-refractivity contribution in [2.75, 3.05) is 7.11 Å². The maximum atomic E-state index is 12.2. The van der Waals surface area contributed by atoms with Gasteiger partial charge in [0.25, 0.3) is 0 Å². The van der Waals surface area contributed by atoms with Crippen molar-refractivity contribution in [3.8, 4) is 6.07 Å². The van der Waals surface area contributed by atoms with Crippen molar-refractivity contribution >= 4 is 34.9 Å². The van der Waals surface area contributed by atoms with Crippen molar-refractivity contribution in [1.29, 1.82) is 5.26 Å². The topological polar surface area (TPSA) is 128 Å². The highest BCUT2D eigenvalue weighted by Crippen LogP contribution is 2.45. The Kier molecular flexibility index (Phi) is 5.96. The van der Waals surface area contributed by atoms with E-state index in [4.69, 9.17) is 38.4 Å². The smallest absolute Gasteiger partial charge is 0.338 e. The molecule has 1 atom stereocenters. The summed E-state index contributed by atoms with van der Waals surface area (Å²) in [5, 5.41) is 22.2. The zero-order chi connectivity index (χ0) is 22.0. The van der Waals surface area contributed by atoms with E-state index in [1.165, 1.54) is 37.4 Å². The molecule has 3 rings (SSSR count). The summed E-state index contributed by atoms with van der Waals surface area (Å²) in [5.41, 5.74) is 5.61. The molecule has 1 aliphatic heterocycles. The number of nitro groups is 1. The van der Waals surface area contributed by atoms with E-state index in [0.29, 0.717) is 5.02 Å². The predicted molar refractivity (Wildman–Crippen MR) is 109 cm³/mol. The van der Waals surface area contributed by atoms with Gasteiger partial charge in [-0.2, -0.15) is 5.26 Å². The average molecular weight is 446 g/mol. The molecule has 2 N–H and O–H groups in total. The van der Waals surface area contributed by atoms with Gasteiger partial charge in [-0.3, -0.25) is 10.1 Å². The minimum Gasteiger partial charge on any atom is -0.465 e. The second-order valence-electron chi connectivity index (χ2n) is 6.10. The van der Waals surface area contributed by atoms with Gasteiger partial charge in [0.1, 0.15) is 17.6 Å². The van der Waals surface area contributed by atoms with Crippen LogP contribution in [0.15, 0.2) is 59.6 Å². The third-order valence-corrected chi connectivity index (χ3v) is 5.00. The molecule has 0 unspecified atom stereocenters. The molecule has 0 spiro atoms. The largest absolute Gasteiger partial charge is 0.465 e. The van der Waals surface area contributed by atoms with Crippen molar-refractivity contribution in [2.45, 2.75) is 5.92 Å². The summed E-state index contributed by atoms with van der Waals surface area (Å²) < 4.78 is 10.3. The molecule has 0 radical (unpaired) electrons. The van der Waals surface area contributed by atoms with Gasteiger partial charge in [0.2, 0.25) is 11.6 Å². The Morgan fingerprint density at radius 1 is 1.30 bits per heavy atom. The lowest BCUT2D eigenvalue weighted by Crippen LogP contribution is -2.25. The first kappa shape index (κ1) is 21.2. The van der Waals surface area contributed by atoms with Crippen molar-refractivity contribution < 1.29 is 19.2 Å². The number of ether oxygens (including phenoxy) is 2. The fraction of sp³-hybridized carbons (Fsp3) is 0.100. The number of nitrogens with zero attached hydrogens (tertiary/aromatic N) is 2. The normalized spacial score (nSPS) is 16.0. The SMILES string of the molecule is COC(=O)c1ccccc1C1=C([N+](=O)[O-])[C@H](c2ccc(Cl)cc2Cl)C(C#N)=C(N)O1. The van der Waals surface area contributed by atoms with Crippen LogP contribution < -0.4 is 5.73 Å². The van der Waals surface area contributed by atoms with Crippen LogP contribution in [0.4, 0.5) is 0 Å². The number of allylic oxidation sites excluding steroid dienone is 1. The van der Waals surface area contributed by atoms with Gasteiger partial charge in [0, 0.05) is 15.6 Å². The van der Waals surface area contributed by atoms with E-state index >= 15 is 0 Å². The van der Waals surface area contributed by atoms with Crippen LogP contribution in [-0.4, -0.2) is 18.0 Å². The van der Waals surface area contributed by atoms with Crippen LogP contribution >= 0.6 is 23.2 Å². The molecule has 0 saturated heterocycles. The molecule has 10 heteroatoms. The van der Waals surface area contributed by atoms with Gasteiger partial charge in [-0.05, 0) is 23.8 Å². The highest BCUT2D eigenvalue weighted by molar-refractivity contribution is 6.35. The van der Waals surface area contributed by atoms with Crippen molar-refractivity contribution in [3.63, 3.8) is 0 Å². The fourth-order valence-corrected chi connectivity index (χ4v) is 3.65. The van der Waals surface area contributed by atoms with Gasteiger partial charge in [-0.25, -0.2) is 4.79 Å². The summed E-state index contributed by atoms with van der Waals surface area (Å²) in [4.78, 5) is 23.6. The summed E-state index contributed by atoms with van der Waals surface area (Å²) >= 11 is 12.2. The number of hydrogen-bond acceptors (Lipinski definition) is 7. The van der Waals surface area contributed by atoms with Gasteiger partial charge in [0.05, 0.1) is 17.6 Å². The van der Waals surface area contributed by atoms with Crippen LogP contribution in [0.25, 0.3) is 5.76 Å². The summed E-state index contributed by atoms with van der Waals surface area (Å²) in [7, 11) is 1.18. The van der Waals surface area contributed by atoms with Crippen LogP contribution in [0, 0.1) is 21.4 Å². The van der Waals surface area contributed by atoms with Crippen LogP contribution in [-0.2, 0) is 9.47 Å². The van der Waals surface area contributed by atoms with Crippen molar-refractivity contribution in [3.05, 3.63) is 96.5 Å². The standard InChI is InChI=1S/C20H13Cl2N3O5/c1-29-20(26)12-5-3-2-4-11(12)18-17(25(27)28)16(14(9-23)19(24)30-18)13-7-6-10(21)8-15(13)22/h2-8,16H,24H2,1H3/t16-/m1/s1. The first-order valence-electron chi connectivity index (χ1n) is 8.39.